The third kappa shape index (κ3) is 6.52. The van der Waals surface area contributed by atoms with E-state index in [4.69, 9.17) is 0 Å². The first-order chi connectivity index (χ1) is 11.8. The Balaban J connectivity index is 2.72. The van der Waals surface area contributed by atoms with Crippen LogP contribution in [0.3, 0.4) is 0 Å². The minimum atomic E-state index is -0.807. The molecule has 0 aliphatic rings. The van der Waals surface area contributed by atoms with Gasteiger partial charge >= 0.3 is 0 Å². The van der Waals surface area contributed by atoms with E-state index in [1.54, 1.807) is 20.8 Å². The molecule has 0 radical (unpaired) electrons. The lowest BCUT2D eigenvalue weighted by Crippen LogP contribution is -2.54. The maximum atomic E-state index is 12.9. The highest BCUT2D eigenvalue weighted by Gasteiger charge is 2.27. The van der Waals surface area contributed by atoms with Crippen LogP contribution < -0.4 is 16.0 Å². The molecule has 2 atom stereocenters. The van der Waals surface area contributed by atoms with E-state index < -0.39 is 29.7 Å². The quantitative estimate of drug-likeness (QED) is 0.665. The molecule has 1 aromatic rings. The number of carbonyl (C=O) groups excluding carboxylic acids is 3. The molecule has 0 fully saturated rings. The van der Waals surface area contributed by atoms with Gasteiger partial charge in [-0.05, 0) is 43.5 Å². The number of amides is 3. The van der Waals surface area contributed by atoms with Crippen molar-refractivity contribution < 1.29 is 18.8 Å². The number of hydrogen-bond donors (Lipinski definition) is 3. The molecule has 0 unspecified atom stereocenters. The topological polar surface area (TPSA) is 87.3 Å². The predicted octanol–water partition coefficient (Wildman–Crippen LogP) is 1.61. The summed E-state index contributed by atoms with van der Waals surface area (Å²) in [6.45, 7) is 7.63. The summed E-state index contributed by atoms with van der Waals surface area (Å²) in [6.07, 6.45) is 0.800. The summed E-state index contributed by atoms with van der Waals surface area (Å²) in [5.41, 5.74) is 0.258. The van der Waals surface area contributed by atoms with Crippen LogP contribution in [0.5, 0.6) is 0 Å². The number of benzene rings is 1. The summed E-state index contributed by atoms with van der Waals surface area (Å²) in [4.78, 5) is 36.5. The highest BCUT2D eigenvalue weighted by molar-refractivity contribution is 5.98. The van der Waals surface area contributed by atoms with Crippen LogP contribution in [0.2, 0.25) is 0 Å². The van der Waals surface area contributed by atoms with Gasteiger partial charge in [0.1, 0.15) is 17.9 Å². The molecule has 0 saturated carbocycles. The molecule has 3 amide bonds. The molecular weight excluding hydrogens is 325 g/mol. The van der Waals surface area contributed by atoms with E-state index >= 15 is 0 Å². The molecule has 0 bridgehead atoms. The Morgan fingerprint density at radius 3 is 2.12 bits per heavy atom. The number of carbonyl (C=O) groups is 3. The molecule has 0 aliphatic carbocycles. The first-order valence-electron chi connectivity index (χ1n) is 8.40. The minimum Gasteiger partial charge on any atom is -0.354 e. The molecule has 0 spiro atoms. The molecule has 6 nitrogen and oxygen atoms in total. The maximum Gasteiger partial charge on any atom is 0.251 e. The van der Waals surface area contributed by atoms with Crippen LogP contribution in [0.25, 0.3) is 0 Å². The normalized spacial score (nSPS) is 13.0. The molecule has 138 valence electrons. The lowest BCUT2D eigenvalue weighted by molar-refractivity contribution is -0.130. The van der Waals surface area contributed by atoms with Crippen LogP contribution in [-0.4, -0.2) is 36.3 Å². The summed E-state index contributed by atoms with van der Waals surface area (Å²) in [6, 6.07) is 3.54. The smallest absolute Gasteiger partial charge is 0.251 e. The van der Waals surface area contributed by atoms with Gasteiger partial charge in [0.05, 0.1) is 0 Å². The second-order valence-corrected chi connectivity index (χ2v) is 6.22. The molecule has 25 heavy (non-hydrogen) atoms. The van der Waals surface area contributed by atoms with E-state index in [9.17, 15) is 18.8 Å². The molecule has 1 rings (SSSR count). The zero-order chi connectivity index (χ0) is 19.0. The minimum absolute atomic E-state index is 0.185. The third-order valence-corrected chi connectivity index (χ3v) is 3.64. The third-order valence-electron chi connectivity index (χ3n) is 3.64. The number of halogens is 1. The Labute approximate surface area is 147 Å². The van der Waals surface area contributed by atoms with Crippen molar-refractivity contribution in [2.75, 3.05) is 6.54 Å². The van der Waals surface area contributed by atoms with Crippen LogP contribution in [-0.2, 0) is 9.59 Å². The Bertz CT molecular complexity index is 602. The van der Waals surface area contributed by atoms with Crippen LogP contribution in [0, 0.1) is 11.7 Å². The first-order valence-corrected chi connectivity index (χ1v) is 8.40. The van der Waals surface area contributed by atoms with Crippen molar-refractivity contribution >= 4 is 17.7 Å². The van der Waals surface area contributed by atoms with Crippen molar-refractivity contribution in [3.63, 3.8) is 0 Å². The summed E-state index contributed by atoms with van der Waals surface area (Å²) >= 11 is 0. The summed E-state index contributed by atoms with van der Waals surface area (Å²) in [5, 5.41) is 7.95. The molecule has 0 aromatic heterocycles. The Morgan fingerprint density at radius 2 is 1.60 bits per heavy atom. The van der Waals surface area contributed by atoms with Crippen molar-refractivity contribution in [2.24, 2.45) is 5.92 Å². The van der Waals surface area contributed by atoms with E-state index in [0.717, 1.165) is 6.42 Å². The van der Waals surface area contributed by atoms with Gasteiger partial charge in [0.2, 0.25) is 11.8 Å². The molecule has 0 saturated heterocycles. The van der Waals surface area contributed by atoms with Crippen molar-refractivity contribution in [3.05, 3.63) is 35.6 Å². The Hall–Kier alpha value is -2.44. The lowest BCUT2D eigenvalue weighted by atomic mass is 10.0. The van der Waals surface area contributed by atoms with Gasteiger partial charge in [0, 0.05) is 12.1 Å². The second kappa shape index (κ2) is 9.76. The number of hydrogen-bond acceptors (Lipinski definition) is 3. The molecule has 0 heterocycles. The second-order valence-electron chi connectivity index (χ2n) is 6.22. The monoisotopic (exact) mass is 351 g/mol. The van der Waals surface area contributed by atoms with Crippen LogP contribution in [0.4, 0.5) is 4.39 Å². The van der Waals surface area contributed by atoms with E-state index in [0.29, 0.717) is 6.54 Å². The molecule has 1 aromatic carbocycles. The van der Waals surface area contributed by atoms with E-state index in [1.807, 2.05) is 6.92 Å². The van der Waals surface area contributed by atoms with Gasteiger partial charge in [0.25, 0.3) is 5.91 Å². The Morgan fingerprint density at radius 1 is 1.00 bits per heavy atom. The zero-order valence-electron chi connectivity index (χ0n) is 15.1. The molecule has 3 N–H and O–H groups in total. The van der Waals surface area contributed by atoms with E-state index in [-0.39, 0.29) is 17.4 Å². The predicted molar refractivity (Wildman–Crippen MR) is 93.4 cm³/mol. The SMILES string of the molecule is CCCNC(=O)[C@H](C)NC(=O)[C@@H](NC(=O)c1ccc(F)cc1)C(C)C. The van der Waals surface area contributed by atoms with Gasteiger partial charge in [0.15, 0.2) is 0 Å². The average Bonchev–Trinajstić information content (AvgIpc) is 2.57. The standard InChI is InChI=1S/C18H26FN3O3/c1-5-10-20-16(23)12(4)21-18(25)15(11(2)3)22-17(24)13-6-8-14(19)9-7-13/h6-9,11-12,15H,5,10H2,1-4H3,(H,20,23)(H,21,25)(H,22,24)/t12-,15-/m0/s1. The largest absolute Gasteiger partial charge is 0.354 e. The van der Waals surface area contributed by atoms with Gasteiger partial charge in [-0.1, -0.05) is 20.8 Å². The Kier molecular flexibility index (Phi) is 8.04. The maximum absolute atomic E-state index is 12.9. The summed E-state index contributed by atoms with van der Waals surface area (Å²) < 4.78 is 12.9. The fourth-order valence-corrected chi connectivity index (χ4v) is 2.13. The molecular formula is C18H26FN3O3. The van der Waals surface area contributed by atoms with Gasteiger partial charge in [-0.15, -0.1) is 0 Å². The highest BCUT2D eigenvalue weighted by atomic mass is 19.1. The average molecular weight is 351 g/mol. The number of rotatable bonds is 8. The number of nitrogens with one attached hydrogen (secondary N) is 3. The van der Waals surface area contributed by atoms with Crippen LogP contribution >= 0.6 is 0 Å². The van der Waals surface area contributed by atoms with Crippen molar-refractivity contribution in [1.82, 2.24) is 16.0 Å². The summed E-state index contributed by atoms with van der Waals surface area (Å²) in [5.74, 6) is -1.82. The first kappa shape index (κ1) is 20.6. The van der Waals surface area contributed by atoms with Crippen molar-refractivity contribution in [3.8, 4) is 0 Å². The molecule has 0 aliphatic heterocycles. The van der Waals surface area contributed by atoms with Gasteiger partial charge in [-0.3, -0.25) is 14.4 Å². The van der Waals surface area contributed by atoms with Crippen LogP contribution in [0.15, 0.2) is 24.3 Å². The van der Waals surface area contributed by atoms with Crippen molar-refractivity contribution in [1.29, 1.82) is 0 Å². The summed E-state index contributed by atoms with van der Waals surface area (Å²) in [7, 11) is 0. The lowest BCUT2D eigenvalue weighted by Gasteiger charge is -2.23. The van der Waals surface area contributed by atoms with E-state index in [1.165, 1.54) is 24.3 Å². The van der Waals surface area contributed by atoms with Crippen LogP contribution in [0.1, 0.15) is 44.5 Å². The molecule has 7 heteroatoms. The van der Waals surface area contributed by atoms with Gasteiger partial charge in [-0.2, -0.15) is 0 Å². The van der Waals surface area contributed by atoms with Gasteiger partial charge in [-0.25, -0.2) is 4.39 Å². The highest BCUT2D eigenvalue weighted by Crippen LogP contribution is 2.07. The van der Waals surface area contributed by atoms with E-state index in [2.05, 4.69) is 16.0 Å². The van der Waals surface area contributed by atoms with Gasteiger partial charge < -0.3 is 16.0 Å². The van der Waals surface area contributed by atoms with Crippen molar-refractivity contribution in [2.45, 2.75) is 46.2 Å². The fraction of sp³-hybridized carbons (Fsp3) is 0.500. The zero-order valence-corrected chi connectivity index (χ0v) is 15.1. The fourth-order valence-electron chi connectivity index (χ4n) is 2.13.